The molecule has 0 saturated carbocycles. The Morgan fingerprint density at radius 3 is 2.71 bits per heavy atom. The smallest absolute Gasteiger partial charge is 0.228 e. The highest BCUT2D eigenvalue weighted by molar-refractivity contribution is 7.91. The Bertz CT molecular complexity index is 640. The van der Waals surface area contributed by atoms with Crippen molar-refractivity contribution >= 4 is 21.4 Å². The van der Waals surface area contributed by atoms with Crippen molar-refractivity contribution in [3.8, 4) is 0 Å². The topological polar surface area (TPSA) is 75.3 Å². The van der Waals surface area contributed by atoms with Gasteiger partial charge in [0.15, 0.2) is 9.84 Å². The lowest BCUT2D eigenvalue weighted by atomic mass is 10.00. The second kappa shape index (κ2) is 6.15. The van der Waals surface area contributed by atoms with E-state index in [9.17, 15) is 13.2 Å². The van der Waals surface area contributed by atoms with Gasteiger partial charge in [0, 0.05) is 18.0 Å². The molecule has 0 saturated heterocycles. The van der Waals surface area contributed by atoms with Crippen LogP contribution in [0, 0.1) is 0 Å². The van der Waals surface area contributed by atoms with E-state index < -0.39 is 15.1 Å². The fourth-order valence-corrected chi connectivity index (χ4v) is 3.29. The molecule has 0 fully saturated rings. The highest BCUT2D eigenvalue weighted by atomic mass is 32.2. The quantitative estimate of drug-likeness (QED) is 0.838. The Labute approximate surface area is 126 Å². The summed E-state index contributed by atoms with van der Waals surface area (Å²) in [6.45, 7) is 4.51. The lowest BCUT2D eigenvalue weighted by Crippen LogP contribution is -2.35. The fraction of sp³-hybridized carbons (Fsp3) is 0.533. The van der Waals surface area contributed by atoms with E-state index in [1.165, 1.54) is 6.26 Å². The van der Waals surface area contributed by atoms with Crippen molar-refractivity contribution in [3.05, 3.63) is 29.3 Å². The molecular formula is C15H22N2O3S. The van der Waals surface area contributed by atoms with Gasteiger partial charge >= 0.3 is 0 Å². The van der Waals surface area contributed by atoms with Crippen LogP contribution in [-0.4, -0.2) is 32.4 Å². The maximum absolute atomic E-state index is 11.9. The summed E-state index contributed by atoms with van der Waals surface area (Å²) in [5, 5.41) is 5.58. The number of nitrogens with one attached hydrogen (secondary N) is 2. The van der Waals surface area contributed by atoms with Crippen LogP contribution < -0.4 is 10.6 Å². The number of anilines is 1. The number of rotatable bonds is 6. The molecule has 0 aliphatic carbocycles. The van der Waals surface area contributed by atoms with Crippen molar-refractivity contribution in [2.24, 2.45) is 0 Å². The highest BCUT2D eigenvalue weighted by Gasteiger charge is 2.28. The molecule has 0 bridgehead atoms. The normalized spacial score (nSPS) is 17.2. The highest BCUT2D eigenvalue weighted by Crippen LogP contribution is 2.29. The van der Waals surface area contributed by atoms with Crippen LogP contribution in [0.4, 0.5) is 5.69 Å². The lowest BCUT2D eigenvalue weighted by Gasteiger charge is -2.25. The number of carbonyl (C=O) groups excluding carboxylic acids is 1. The molecule has 1 aliphatic heterocycles. The summed E-state index contributed by atoms with van der Waals surface area (Å²) in [6.07, 6.45) is 2.55. The molecule has 0 radical (unpaired) electrons. The summed E-state index contributed by atoms with van der Waals surface area (Å²) in [4.78, 5) is 11.4. The van der Waals surface area contributed by atoms with Gasteiger partial charge in [-0.1, -0.05) is 19.1 Å². The minimum atomic E-state index is -3.15. The Hall–Kier alpha value is -1.40. The predicted molar refractivity (Wildman–Crippen MR) is 84.1 cm³/mol. The van der Waals surface area contributed by atoms with Crippen molar-refractivity contribution in [1.29, 1.82) is 0 Å². The van der Waals surface area contributed by atoms with E-state index in [2.05, 4.69) is 10.6 Å². The molecule has 1 aromatic carbocycles. The first-order chi connectivity index (χ1) is 9.82. The van der Waals surface area contributed by atoms with Gasteiger partial charge in [-0.05, 0) is 37.1 Å². The summed E-state index contributed by atoms with van der Waals surface area (Å²) in [5.41, 5.74) is 2.67. The molecule has 6 heteroatoms. The molecule has 2 atom stereocenters. The summed E-state index contributed by atoms with van der Waals surface area (Å²) >= 11 is 0. The van der Waals surface area contributed by atoms with E-state index in [1.807, 2.05) is 25.1 Å². The van der Waals surface area contributed by atoms with Crippen LogP contribution in [0.25, 0.3) is 0 Å². The zero-order valence-corrected chi connectivity index (χ0v) is 13.5. The van der Waals surface area contributed by atoms with Crippen LogP contribution in [0.5, 0.6) is 0 Å². The number of sulfone groups is 1. The summed E-state index contributed by atoms with van der Waals surface area (Å²) < 4.78 is 23.8. The molecule has 2 N–H and O–H groups in total. The molecule has 2 unspecified atom stereocenters. The SMILES string of the molecule is CCCNC(c1ccc2c(c1)CC(=O)N2)C(C)S(C)(=O)=O. The van der Waals surface area contributed by atoms with Gasteiger partial charge < -0.3 is 10.6 Å². The molecule has 0 aromatic heterocycles. The second-order valence-corrected chi connectivity index (χ2v) is 8.01. The van der Waals surface area contributed by atoms with Crippen LogP contribution in [0.2, 0.25) is 0 Å². The molecule has 21 heavy (non-hydrogen) atoms. The molecule has 1 amide bonds. The predicted octanol–water partition coefficient (Wildman–Crippen LogP) is 1.65. The van der Waals surface area contributed by atoms with Crippen molar-refractivity contribution in [3.63, 3.8) is 0 Å². The molecule has 2 rings (SSSR count). The van der Waals surface area contributed by atoms with E-state index >= 15 is 0 Å². The lowest BCUT2D eigenvalue weighted by molar-refractivity contribution is -0.115. The van der Waals surface area contributed by atoms with E-state index in [0.29, 0.717) is 6.42 Å². The van der Waals surface area contributed by atoms with E-state index in [0.717, 1.165) is 29.8 Å². The second-order valence-electron chi connectivity index (χ2n) is 5.61. The summed E-state index contributed by atoms with van der Waals surface area (Å²) in [5.74, 6) is -0.0172. The van der Waals surface area contributed by atoms with Gasteiger partial charge in [-0.25, -0.2) is 8.42 Å². The van der Waals surface area contributed by atoms with Crippen LogP contribution >= 0.6 is 0 Å². The van der Waals surface area contributed by atoms with Crippen LogP contribution in [0.15, 0.2) is 18.2 Å². The van der Waals surface area contributed by atoms with Gasteiger partial charge in [0.05, 0.1) is 11.7 Å². The summed E-state index contributed by atoms with van der Waals surface area (Å²) in [7, 11) is -3.15. The maximum Gasteiger partial charge on any atom is 0.228 e. The van der Waals surface area contributed by atoms with E-state index in [1.54, 1.807) is 6.92 Å². The third kappa shape index (κ3) is 3.63. The summed E-state index contributed by atoms with van der Waals surface area (Å²) in [6, 6.07) is 5.41. The Morgan fingerprint density at radius 1 is 1.38 bits per heavy atom. The number of hydrogen-bond acceptors (Lipinski definition) is 4. The number of hydrogen-bond donors (Lipinski definition) is 2. The van der Waals surface area contributed by atoms with Crippen molar-refractivity contribution in [2.75, 3.05) is 18.1 Å². The van der Waals surface area contributed by atoms with Crippen molar-refractivity contribution in [1.82, 2.24) is 5.32 Å². The molecule has 1 aliphatic rings. The fourth-order valence-electron chi connectivity index (χ4n) is 2.54. The molecular weight excluding hydrogens is 288 g/mol. The van der Waals surface area contributed by atoms with E-state index in [4.69, 9.17) is 0 Å². The molecule has 1 heterocycles. The van der Waals surface area contributed by atoms with E-state index in [-0.39, 0.29) is 11.9 Å². The zero-order chi connectivity index (χ0) is 15.6. The first-order valence-corrected chi connectivity index (χ1v) is 9.13. The first-order valence-electron chi connectivity index (χ1n) is 7.18. The number of amides is 1. The van der Waals surface area contributed by atoms with Gasteiger partial charge in [-0.3, -0.25) is 4.79 Å². The molecule has 116 valence electrons. The third-order valence-electron chi connectivity index (χ3n) is 3.87. The largest absolute Gasteiger partial charge is 0.326 e. The van der Waals surface area contributed by atoms with Crippen molar-refractivity contribution in [2.45, 2.75) is 38.0 Å². The van der Waals surface area contributed by atoms with Gasteiger partial charge in [-0.2, -0.15) is 0 Å². The first kappa shape index (κ1) is 16.0. The minimum absolute atomic E-state index is 0.0172. The monoisotopic (exact) mass is 310 g/mol. The van der Waals surface area contributed by atoms with Gasteiger partial charge in [0.2, 0.25) is 5.91 Å². The van der Waals surface area contributed by atoms with Crippen LogP contribution in [0.3, 0.4) is 0 Å². The van der Waals surface area contributed by atoms with Crippen LogP contribution in [0.1, 0.15) is 37.4 Å². The molecule has 5 nitrogen and oxygen atoms in total. The van der Waals surface area contributed by atoms with Gasteiger partial charge in [0.25, 0.3) is 0 Å². The number of carbonyl (C=O) groups is 1. The zero-order valence-electron chi connectivity index (χ0n) is 12.6. The maximum atomic E-state index is 11.9. The molecule has 1 aromatic rings. The molecule has 0 spiro atoms. The standard InChI is InChI=1S/C15H22N2O3S/c1-4-7-16-15(10(2)21(3,19)20)11-5-6-13-12(8-11)9-14(18)17-13/h5-6,8,10,15-16H,4,7,9H2,1-3H3,(H,17,18). The van der Waals surface area contributed by atoms with Crippen LogP contribution in [-0.2, 0) is 21.1 Å². The Balaban J connectivity index is 2.33. The Kier molecular flexibility index (Phi) is 4.68. The van der Waals surface area contributed by atoms with Gasteiger partial charge in [0.1, 0.15) is 0 Å². The average Bonchev–Trinajstić information content (AvgIpc) is 2.77. The van der Waals surface area contributed by atoms with Crippen molar-refractivity contribution < 1.29 is 13.2 Å². The number of fused-ring (bicyclic) bond motifs is 1. The Morgan fingerprint density at radius 2 is 2.10 bits per heavy atom. The average molecular weight is 310 g/mol. The van der Waals surface area contributed by atoms with Gasteiger partial charge in [-0.15, -0.1) is 0 Å². The minimum Gasteiger partial charge on any atom is -0.326 e. The number of benzene rings is 1. The third-order valence-corrected chi connectivity index (χ3v) is 5.50.